The molecule has 0 heterocycles. The van der Waals surface area contributed by atoms with Crippen molar-refractivity contribution in [1.82, 2.24) is 5.32 Å². The van der Waals surface area contributed by atoms with E-state index in [0.717, 1.165) is 0 Å². The number of nitrogens with two attached hydrogens (primary N) is 4. The molecule has 0 fully saturated rings. The van der Waals surface area contributed by atoms with Gasteiger partial charge in [0, 0.05) is 25.7 Å². The maximum absolute atomic E-state index is 11.8. The highest BCUT2D eigenvalue weighted by Crippen LogP contribution is 2.26. The van der Waals surface area contributed by atoms with Gasteiger partial charge >= 0.3 is 0 Å². The van der Waals surface area contributed by atoms with Crippen LogP contribution in [-0.2, 0) is 20.0 Å². The summed E-state index contributed by atoms with van der Waals surface area (Å²) < 4.78 is 47.1. The van der Waals surface area contributed by atoms with Gasteiger partial charge in [-0.15, -0.1) is 0 Å². The van der Waals surface area contributed by atoms with Crippen LogP contribution in [0.1, 0.15) is 11.1 Å². The van der Waals surface area contributed by atoms with Gasteiger partial charge in [0.1, 0.15) is 5.84 Å². The van der Waals surface area contributed by atoms with Crippen molar-refractivity contribution >= 4 is 37.2 Å². The molecule has 0 bridgehead atoms. The number of nitrogens with zero attached hydrogens (tertiary/aromatic N) is 1. The SMILES string of the molecule is CN=C(NCCN)/C(=C(\N)c1cccc(S(N)(=O)=O)c1)c1cccc(S(N)(=O)=O)c1. The number of primary sulfonamides is 2. The molecular formula is C18H24N6O4S2. The standard InChI is InChI=1S/C18H24N6O4S2/c1-23-18(24-9-8-19)16(12-4-2-6-14(10-12)29(21,25)26)17(20)13-5-3-7-15(11-13)30(22,27)28/h2-7,10-11H,8-9,19-20H2,1H3,(H,23,24)(H2,21,25,26)(H2,22,27,28)/b17-16-. The van der Waals surface area contributed by atoms with Gasteiger partial charge in [0.05, 0.1) is 15.5 Å². The summed E-state index contributed by atoms with van der Waals surface area (Å²) in [6, 6.07) is 11.6. The molecule has 0 atom stereocenters. The smallest absolute Gasteiger partial charge is 0.238 e. The van der Waals surface area contributed by atoms with E-state index >= 15 is 0 Å². The van der Waals surface area contributed by atoms with E-state index in [4.69, 9.17) is 21.7 Å². The summed E-state index contributed by atoms with van der Waals surface area (Å²) in [6.07, 6.45) is 0. The summed E-state index contributed by atoms with van der Waals surface area (Å²) in [5.41, 5.74) is 13.2. The van der Waals surface area contributed by atoms with Gasteiger partial charge in [-0.25, -0.2) is 27.1 Å². The molecule has 2 rings (SSSR count). The molecule has 0 aromatic heterocycles. The zero-order valence-corrected chi connectivity index (χ0v) is 17.9. The van der Waals surface area contributed by atoms with E-state index in [2.05, 4.69) is 10.3 Å². The largest absolute Gasteiger partial charge is 0.398 e. The first-order chi connectivity index (χ1) is 14.0. The van der Waals surface area contributed by atoms with Crippen LogP contribution in [-0.4, -0.2) is 42.8 Å². The van der Waals surface area contributed by atoms with Gasteiger partial charge in [0.15, 0.2) is 0 Å². The molecule has 0 radical (unpaired) electrons. The zero-order chi connectivity index (χ0) is 22.5. The second-order valence-corrected chi connectivity index (χ2v) is 9.34. The van der Waals surface area contributed by atoms with E-state index in [1.165, 1.54) is 43.4 Å². The molecule has 30 heavy (non-hydrogen) atoms. The molecule has 0 aliphatic heterocycles. The predicted molar refractivity (Wildman–Crippen MR) is 117 cm³/mol. The lowest BCUT2D eigenvalue weighted by Crippen LogP contribution is -2.31. The number of hydrogen-bond acceptors (Lipinski definition) is 7. The lowest BCUT2D eigenvalue weighted by molar-refractivity contribution is 0.596. The minimum Gasteiger partial charge on any atom is -0.398 e. The van der Waals surface area contributed by atoms with Gasteiger partial charge in [0.25, 0.3) is 0 Å². The normalized spacial score (nSPS) is 13.7. The Labute approximate surface area is 175 Å². The van der Waals surface area contributed by atoms with E-state index in [0.29, 0.717) is 35.6 Å². The fourth-order valence-corrected chi connectivity index (χ4v) is 3.82. The van der Waals surface area contributed by atoms with Crippen LogP contribution >= 0.6 is 0 Å². The van der Waals surface area contributed by atoms with Crippen molar-refractivity contribution in [1.29, 1.82) is 0 Å². The highest BCUT2D eigenvalue weighted by molar-refractivity contribution is 7.89. The van der Waals surface area contributed by atoms with Crippen molar-refractivity contribution < 1.29 is 16.8 Å². The quantitative estimate of drug-likeness (QED) is 0.209. The lowest BCUT2D eigenvalue weighted by Gasteiger charge is -2.17. The first-order valence-electron chi connectivity index (χ1n) is 8.66. The Morgan fingerprint density at radius 1 is 0.933 bits per heavy atom. The van der Waals surface area contributed by atoms with Crippen molar-refractivity contribution in [2.75, 3.05) is 20.1 Å². The molecule has 2 aromatic carbocycles. The Morgan fingerprint density at radius 2 is 1.43 bits per heavy atom. The van der Waals surface area contributed by atoms with Crippen molar-refractivity contribution in [3.8, 4) is 0 Å². The number of hydrogen-bond donors (Lipinski definition) is 5. The second kappa shape index (κ2) is 9.36. The summed E-state index contributed by atoms with van der Waals surface area (Å²) in [4.78, 5) is 3.97. The molecule has 12 heteroatoms. The molecule has 10 nitrogen and oxygen atoms in total. The van der Waals surface area contributed by atoms with Gasteiger partial charge < -0.3 is 16.8 Å². The van der Waals surface area contributed by atoms with Crippen LogP contribution < -0.4 is 27.1 Å². The summed E-state index contributed by atoms with van der Waals surface area (Å²) in [6.45, 7) is 0.680. The number of rotatable bonds is 7. The van der Waals surface area contributed by atoms with Gasteiger partial charge in [-0.3, -0.25) is 4.99 Å². The summed E-state index contributed by atoms with van der Waals surface area (Å²) in [5.74, 6) is 0.338. The molecular weight excluding hydrogens is 428 g/mol. The average Bonchev–Trinajstić information content (AvgIpc) is 2.69. The van der Waals surface area contributed by atoms with Crippen molar-refractivity contribution in [2.45, 2.75) is 9.79 Å². The third-order valence-electron chi connectivity index (χ3n) is 4.09. The molecule has 162 valence electrons. The van der Waals surface area contributed by atoms with Crippen molar-refractivity contribution in [2.24, 2.45) is 26.7 Å². The van der Waals surface area contributed by atoms with Crippen LogP contribution in [0.25, 0.3) is 11.3 Å². The fraction of sp³-hybridized carbons (Fsp3) is 0.167. The third kappa shape index (κ3) is 5.64. The molecule has 0 saturated carbocycles. The Kier molecular flexibility index (Phi) is 7.34. The topological polar surface area (TPSA) is 197 Å². The summed E-state index contributed by atoms with van der Waals surface area (Å²) in [7, 11) is -6.39. The average molecular weight is 453 g/mol. The molecule has 0 aliphatic carbocycles. The van der Waals surface area contributed by atoms with Gasteiger partial charge in [0.2, 0.25) is 20.0 Å². The maximum atomic E-state index is 11.8. The van der Waals surface area contributed by atoms with E-state index < -0.39 is 20.0 Å². The molecule has 2 aromatic rings. The number of amidine groups is 1. The highest BCUT2D eigenvalue weighted by Gasteiger charge is 2.19. The second-order valence-electron chi connectivity index (χ2n) is 6.22. The molecule has 0 spiro atoms. The lowest BCUT2D eigenvalue weighted by atomic mass is 9.98. The molecule has 0 unspecified atom stereocenters. The molecule has 0 amide bonds. The van der Waals surface area contributed by atoms with E-state index in [9.17, 15) is 16.8 Å². The molecule has 0 aliphatic rings. The van der Waals surface area contributed by atoms with Crippen LogP contribution in [0, 0.1) is 0 Å². The first kappa shape index (κ1) is 23.5. The highest BCUT2D eigenvalue weighted by atomic mass is 32.2. The minimum absolute atomic E-state index is 0.113. The number of aliphatic imine (C=N–C) groups is 1. The maximum Gasteiger partial charge on any atom is 0.238 e. The van der Waals surface area contributed by atoms with Crippen molar-refractivity contribution in [3.63, 3.8) is 0 Å². The summed E-state index contributed by atoms with van der Waals surface area (Å²) >= 11 is 0. The number of nitrogens with one attached hydrogen (secondary N) is 1. The Morgan fingerprint density at radius 3 is 1.90 bits per heavy atom. The number of benzene rings is 2. The first-order valence-corrected chi connectivity index (χ1v) is 11.8. The monoisotopic (exact) mass is 452 g/mol. The van der Waals surface area contributed by atoms with Crippen molar-refractivity contribution in [3.05, 3.63) is 59.7 Å². The predicted octanol–water partition coefficient (Wildman–Crippen LogP) is -0.615. The van der Waals surface area contributed by atoms with Crippen LogP contribution in [0.5, 0.6) is 0 Å². The van der Waals surface area contributed by atoms with Crippen LogP contribution in [0.15, 0.2) is 63.3 Å². The van der Waals surface area contributed by atoms with Crippen LogP contribution in [0.3, 0.4) is 0 Å². The van der Waals surface area contributed by atoms with Crippen LogP contribution in [0.4, 0.5) is 0 Å². The van der Waals surface area contributed by atoms with E-state index in [-0.39, 0.29) is 15.5 Å². The van der Waals surface area contributed by atoms with Gasteiger partial charge in [-0.1, -0.05) is 24.3 Å². The minimum atomic E-state index is -3.96. The van der Waals surface area contributed by atoms with E-state index in [1.54, 1.807) is 12.1 Å². The van der Waals surface area contributed by atoms with Crippen LogP contribution in [0.2, 0.25) is 0 Å². The van der Waals surface area contributed by atoms with Gasteiger partial charge in [-0.2, -0.15) is 0 Å². The third-order valence-corrected chi connectivity index (χ3v) is 5.91. The molecule has 0 saturated heterocycles. The fourth-order valence-electron chi connectivity index (χ4n) is 2.70. The Balaban J connectivity index is 2.80. The number of sulfonamides is 2. The van der Waals surface area contributed by atoms with Gasteiger partial charge in [-0.05, 0) is 35.4 Å². The van der Waals surface area contributed by atoms with E-state index in [1.807, 2.05) is 0 Å². The summed E-state index contributed by atoms with van der Waals surface area (Å²) in [5, 5.41) is 13.5. The molecule has 9 N–H and O–H groups in total. The Bertz CT molecular complexity index is 1200. The Hall–Kier alpha value is -2.77. The zero-order valence-electron chi connectivity index (χ0n) is 16.2.